The molecule has 0 radical (unpaired) electrons. The van der Waals surface area contributed by atoms with Crippen LogP contribution in [0.5, 0.6) is 0 Å². The van der Waals surface area contributed by atoms with Gasteiger partial charge in [0.2, 0.25) is 0 Å². The highest BCUT2D eigenvalue weighted by atomic mass is 35.5. The van der Waals surface area contributed by atoms with Crippen molar-refractivity contribution in [1.29, 1.82) is 0 Å². The summed E-state index contributed by atoms with van der Waals surface area (Å²) in [6.07, 6.45) is 0.638. The number of anilines is 1. The van der Waals surface area contributed by atoms with Gasteiger partial charge in [-0.25, -0.2) is 4.79 Å². The molecule has 1 fully saturated rings. The molecule has 1 heterocycles. The smallest absolute Gasteiger partial charge is 0.412 e. The molecule has 1 aliphatic carbocycles. The van der Waals surface area contributed by atoms with Crippen LogP contribution in [0, 0.1) is 0 Å². The average molecular weight is 581 g/mol. The summed E-state index contributed by atoms with van der Waals surface area (Å²) in [4.78, 5) is 25.9. The van der Waals surface area contributed by atoms with E-state index in [2.05, 4.69) is 5.32 Å². The van der Waals surface area contributed by atoms with Gasteiger partial charge in [-0.3, -0.25) is 10.1 Å². The standard InChI is InChI=1S/C31H27Cl2NO4S/c1-3-37-29(35)31(16-17-31)24-12-8-22(9-13-24)21-4-6-23(7-5-21)28-26(18-27(33)39-28)34-30(36)38-19(2)20-10-14-25(32)15-11-20/h4-15,18-19H,3,16-17H2,1-2H3,(H,34,36). The fourth-order valence-electron chi connectivity index (χ4n) is 4.57. The number of nitrogens with one attached hydrogen (secondary N) is 1. The van der Waals surface area contributed by atoms with Crippen LogP contribution in [0.25, 0.3) is 21.6 Å². The highest BCUT2D eigenvalue weighted by molar-refractivity contribution is 7.20. The van der Waals surface area contributed by atoms with E-state index < -0.39 is 17.6 Å². The van der Waals surface area contributed by atoms with Crippen molar-refractivity contribution in [3.63, 3.8) is 0 Å². The summed E-state index contributed by atoms with van der Waals surface area (Å²) < 4.78 is 11.4. The van der Waals surface area contributed by atoms with Gasteiger partial charge < -0.3 is 9.47 Å². The highest BCUT2D eigenvalue weighted by Gasteiger charge is 2.52. The van der Waals surface area contributed by atoms with Gasteiger partial charge in [-0.2, -0.15) is 0 Å². The molecule has 200 valence electrons. The third-order valence-electron chi connectivity index (χ3n) is 6.90. The summed E-state index contributed by atoms with van der Waals surface area (Å²) in [5.41, 5.74) is 4.97. The molecule has 1 amide bonds. The number of amides is 1. The van der Waals surface area contributed by atoms with Crippen LogP contribution < -0.4 is 5.32 Å². The predicted molar refractivity (Wildman–Crippen MR) is 158 cm³/mol. The summed E-state index contributed by atoms with van der Waals surface area (Å²) in [7, 11) is 0. The number of rotatable bonds is 8. The van der Waals surface area contributed by atoms with Gasteiger partial charge in [-0.05, 0) is 72.7 Å². The lowest BCUT2D eigenvalue weighted by atomic mass is 9.93. The van der Waals surface area contributed by atoms with E-state index in [1.54, 1.807) is 25.1 Å². The van der Waals surface area contributed by atoms with Crippen LogP contribution in [-0.4, -0.2) is 18.7 Å². The molecule has 1 aromatic heterocycles. The van der Waals surface area contributed by atoms with Gasteiger partial charge >= 0.3 is 12.1 Å². The normalized spacial score (nSPS) is 14.4. The zero-order chi connectivity index (χ0) is 27.6. The van der Waals surface area contributed by atoms with Crippen LogP contribution in [0.3, 0.4) is 0 Å². The van der Waals surface area contributed by atoms with E-state index in [0.29, 0.717) is 21.7 Å². The van der Waals surface area contributed by atoms with E-state index in [0.717, 1.165) is 45.5 Å². The fraction of sp³-hybridized carbons (Fsp3) is 0.226. The molecular formula is C31H27Cl2NO4S. The average Bonchev–Trinajstić information content (AvgIpc) is 3.67. The lowest BCUT2D eigenvalue weighted by molar-refractivity contribution is -0.146. The van der Waals surface area contributed by atoms with Crippen molar-refractivity contribution in [3.8, 4) is 21.6 Å². The first-order valence-electron chi connectivity index (χ1n) is 12.7. The molecule has 0 saturated heterocycles. The molecule has 1 N–H and O–H groups in total. The molecular weight excluding hydrogens is 553 g/mol. The maximum atomic E-state index is 12.6. The lowest BCUT2D eigenvalue weighted by Gasteiger charge is -2.15. The van der Waals surface area contributed by atoms with E-state index in [4.69, 9.17) is 32.7 Å². The van der Waals surface area contributed by atoms with Gasteiger partial charge in [0.25, 0.3) is 0 Å². The van der Waals surface area contributed by atoms with Gasteiger partial charge in [-0.1, -0.05) is 83.9 Å². The Bertz CT molecular complexity index is 1480. The Morgan fingerprint density at radius 2 is 1.51 bits per heavy atom. The molecule has 39 heavy (non-hydrogen) atoms. The summed E-state index contributed by atoms with van der Waals surface area (Å²) in [5, 5.41) is 3.46. The fourth-order valence-corrected chi connectivity index (χ4v) is 5.88. The molecule has 1 saturated carbocycles. The molecule has 5 rings (SSSR count). The topological polar surface area (TPSA) is 64.6 Å². The minimum Gasteiger partial charge on any atom is -0.465 e. The Balaban J connectivity index is 1.28. The van der Waals surface area contributed by atoms with Crippen molar-refractivity contribution in [3.05, 3.63) is 99.3 Å². The van der Waals surface area contributed by atoms with Gasteiger partial charge in [0.05, 0.1) is 26.9 Å². The number of hydrogen-bond acceptors (Lipinski definition) is 5. The Hall–Kier alpha value is -3.32. The number of ether oxygens (including phenoxy) is 2. The minimum absolute atomic E-state index is 0.135. The van der Waals surface area contributed by atoms with Gasteiger partial charge in [0.1, 0.15) is 6.10 Å². The molecule has 1 aliphatic rings. The summed E-state index contributed by atoms with van der Waals surface area (Å²) in [6, 6.07) is 25.1. The Morgan fingerprint density at radius 3 is 2.10 bits per heavy atom. The van der Waals surface area contributed by atoms with E-state index in [9.17, 15) is 9.59 Å². The third-order valence-corrected chi connectivity index (χ3v) is 8.46. The number of halogens is 2. The van der Waals surface area contributed by atoms with E-state index in [1.165, 1.54) is 11.3 Å². The first kappa shape index (κ1) is 27.3. The summed E-state index contributed by atoms with van der Waals surface area (Å²) >= 11 is 13.7. The van der Waals surface area contributed by atoms with Gasteiger partial charge in [0, 0.05) is 5.02 Å². The number of hydrogen-bond donors (Lipinski definition) is 1. The van der Waals surface area contributed by atoms with Crippen molar-refractivity contribution in [1.82, 2.24) is 0 Å². The second-order valence-electron chi connectivity index (χ2n) is 9.47. The molecule has 4 aromatic rings. The molecule has 8 heteroatoms. The number of benzene rings is 3. The lowest BCUT2D eigenvalue weighted by Crippen LogP contribution is -2.23. The van der Waals surface area contributed by atoms with Gasteiger partial charge in [0.15, 0.2) is 0 Å². The Kier molecular flexibility index (Phi) is 7.98. The van der Waals surface area contributed by atoms with Crippen LogP contribution in [0.1, 0.15) is 43.9 Å². The van der Waals surface area contributed by atoms with Crippen molar-refractivity contribution in [2.24, 2.45) is 0 Å². The second kappa shape index (κ2) is 11.4. The molecule has 3 aromatic carbocycles. The van der Waals surface area contributed by atoms with E-state index in [1.807, 2.05) is 67.6 Å². The largest absolute Gasteiger partial charge is 0.465 e. The van der Waals surface area contributed by atoms with Crippen LogP contribution in [0.2, 0.25) is 9.36 Å². The summed E-state index contributed by atoms with van der Waals surface area (Å²) in [6.45, 7) is 4.03. The zero-order valence-electron chi connectivity index (χ0n) is 21.5. The van der Waals surface area contributed by atoms with Crippen molar-refractivity contribution < 1.29 is 19.1 Å². The Morgan fingerprint density at radius 1 is 0.923 bits per heavy atom. The molecule has 5 nitrogen and oxygen atoms in total. The van der Waals surface area contributed by atoms with Crippen molar-refractivity contribution in [2.45, 2.75) is 38.2 Å². The third kappa shape index (κ3) is 5.98. The predicted octanol–water partition coefficient (Wildman–Crippen LogP) is 9.29. The van der Waals surface area contributed by atoms with Crippen LogP contribution in [-0.2, 0) is 19.7 Å². The number of esters is 1. The first-order valence-corrected chi connectivity index (χ1v) is 14.3. The molecule has 0 bridgehead atoms. The SMILES string of the molecule is CCOC(=O)C1(c2ccc(-c3ccc(-c4sc(Cl)cc4NC(=O)OC(C)c4ccc(Cl)cc4)cc3)cc2)CC1. The van der Waals surface area contributed by atoms with E-state index >= 15 is 0 Å². The zero-order valence-corrected chi connectivity index (χ0v) is 23.8. The number of carbonyl (C=O) groups excluding carboxylic acids is 2. The first-order chi connectivity index (χ1) is 18.8. The van der Waals surface area contributed by atoms with E-state index in [-0.39, 0.29) is 5.97 Å². The van der Waals surface area contributed by atoms with Gasteiger partial charge in [-0.15, -0.1) is 11.3 Å². The minimum atomic E-state index is -0.568. The van der Waals surface area contributed by atoms with Crippen LogP contribution >= 0.6 is 34.5 Å². The quantitative estimate of drug-likeness (QED) is 0.211. The molecule has 0 spiro atoms. The molecule has 1 atom stereocenters. The Labute approximate surface area is 241 Å². The van der Waals surface area contributed by atoms with Crippen molar-refractivity contribution in [2.75, 3.05) is 11.9 Å². The van der Waals surface area contributed by atoms with Crippen LogP contribution in [0.15, 0.2) is 78.9 Å². The maximum Gasteiger partial charge on any atom is 0.412 e. The monoisotopic (exact) mass is 579 g/mol. The van der Waals surface area contributed by atoms with Crippen LogP contribution in [0.4, 0.5) is 10.5 Å². The number of thiophene rings is 1. The maximum absolute atomic E-state index is 12.6. The summed E-state index contributed by atoms with van der Waals surface area (Å²) in [5.74, 6) is -0.135. The highest BCUT2D eigenvalue weighted by Crippen LogP contribution is 2.49. The van der Waals surface area contributed by atoms with Crippen molar-refractivity contribution >= 4 is 52.3 Å². The second-order valence-corrected chi connectivity index (χ2v) is 11.6. The molecule has 1 unspecified atom stereocenters. The molecule has 0 aliphatic heterocycles. The number of carbonyl (C=O) groups is 2.